The molecule has 0 fully saturated rings. The number of rotatable bonds is 6. The number of anilines is 1. The van der Waals surface area contributed by atoms with E-state index in [1.165, 1.54) is 10.9 Å². The zero-order valence-corrected chi connectivity index (χ0v) is 13.6. The highest BCUT2D eigenvalue weighted by molar-refractivity contribution is 5.91. The van der Waals surface area contributed by atoms with Crippen LogP contribution in [0.2, 0.25) is 0 Å². The number of benzene rings is 2. The molecule has 0 aliphatic heterocycles. The zero-order chi connectivity index (χ0) is 16.9. The Balaban J connectivity index is 1.76. The third kappa shape index (κ3) is 3.53. The Morgan fingerprint density at radius 2 is 1.83 bits per heavy atom. The number of unbranched alkanes of at least 4 members (excludes halogenated alkanes) is 2. The van der Waals surface area contributed by atoms with Crippen molar-refractivity contribution >= 4 is 22.6 Å². The molecule has 0 atom stereocenters. The van der Waals surface area contributed by atoms with Crippen molar-refractivity contribution in [2.45, 2.75) is 32.6 Å². The van der Waals surface area contributed by atoms with Gasteiger partial charge in [0.05, 0.1) is 0 Å². The highest BCUT2D eigenvalue weighted by atomic mass is 16.3. The molecule has 0 aliphatic carbocycles. The number of phenolic OH excluding ortho intramolecular Hbond substituents is 1. The van der Waals surface area contributed by atoms with Gasteiger partial charge in [-0.25, -0.2) is 0 Å². The predicted molar refractivity (Wildman–Crippen MR) is 93.3 cm³/mol. The Bertz CT molecular complexity index is 824. The number of hydrogen-bond acceptors (Lipinski definition) is 4. The molecule has 2 aromatic carbocycles. The molecule has 0 radical (unpaired) electrons. The highest BCUT2D eigenvalue weighted by Crippen LogP contribution is 2.25. The molecule has 0 aliphatic rings. The van der Waals surface area contributed by atoms with E-state index in [4.69, 9.17) is 0 Å². The maximum absolute atomic E-state index is 11.8. The van der Waals surface area contributed by atoms with Crippen LogP contribution in [0.15, 0.2) is 42.5 Å². The summed E-state index contributed by atoms with van der Waals surface area (Å²) in [6.45, 7) is 2.10. The van der Waals surface area contributed by atoms with Crippen LogP contribution in [0, 0.1) is 0 Å². The smallest absolute Gasteiger partial charge is 0.224 e. The van der Waals surface area contributed by atoms with Crippen LogP contribution in [-0.2, 0) is 4.79 Å². The number of carbonyl (C=O) groups is 1. The lowest BCUT2D eigenvalue weighted by atomic mass is 10.2. The van der Waals surface area contributed by atoms with Gasteiger partial charge in [-0.2, -0.15) is 0 Å². The molecule has 24 heavy (non-hydrogen) atoms. The fraction of sp³-hybridized carbons (Fsp3) is 0.278. The van der Waals surface area contributed by atoms with E-state index in [0.717, 1.165) is 30.3 Å². The first-order chi connectivity index (χ1) is 11.7. The summed E-state index contributed by atoms with van der Waals surface area (Å²) in [4.78, 5) is 13.2. The van der Waals surface area contributed by atoms with Gasteiger partial charge in [0.15, 0.2) is 0 Å². The van der Waals surface area contributed by atoms with Gasteiger partial charge in [0.25, 0.3) is 0 Å². The van der Waals surface area contributed by atoms with Gasteiger partial charge in [0.1, 0.15) is 22.5 Å². The number of phenols is 1. The average molecular weight is 324 g/mol. The van der Waals surface area contributed by atoms with Crippen LogP contribution < -0.4 is 5.32 Å². The van der Waals surface area contributed by atoms with Crippen molar-refractivity contribution in [3.8, 4) is 11.4 Å². The lowest BCUT2D eigenvalue weighted by Crippen LogP contribution is -2.11. The lowest BCUT2D eigenvalue weighted by molar-refractivity contribution is -0.116. The minimum absolute atomic E-state index is 0.0154. The molecular formula is C18H20N4O2. The number of nitrogens with zero attached hydrogens (tertiary/aromatic N) is 3. The van der Waals surface area contributed by atoms with E-state index in [9.17, 15) is 9.90 Å². The number of aromatic nitrogens is 3. The van der Waals surface area contributed by atoms with Gasteiger partial charge in [0.2, 0.25) is 5.91 Å². The van der Waals surface area contributed by atoms with Crippen LogP contribution in [0.1, 0.15) is 32.6 Å². The molecule has 0 unspecified atom stereocenters. The molecule has 0 bridgehead atoms. The van der Waals surface area contributed by atoms with Gasteiger partial charge in [-0.3, -0.25) is 4.79 Å². The van der Waals surface area contributed by atoms with Crippen molar-refractivity contribution in [3.05, 3.63) is 42.5 Å². The molecule has 2 N–H and O–H groups in total. The van der Waals surface area contributed by atoms with Crippen molar-refractivity contribution in [3.63, 3.8) is 0 Å². The maximum atomic E-state index is 11.8. The summed E-state index contributed by atoms with van der Waals surface area (Å²) in [5, 5.41) is 21.7. The molecule has 1 amide bonds. The van der Waals surface area contributed by atoms with Gasteiger partial charge in [-0.05, 0) is 30.7 Å². The number of carbonyl (C=O) groups excluding carboxylic acids is 1. The van der Waals surface area contributed by atoms with E-state index >= 15 is 0 Å². The topological polar surface area (TPSA) is 80.0 Å². The molecule has 0 saturated carbocycles. The van der Waals surface area contributed by atoms with Gasteiger partial charge in [-0.1, -0.05) is 31.9 Å². The third-order valence-electron chi connectivity index (χ3n) is 3.77. The van der Waals surface area contributed by atoms with E-state index in [1.54, 1.807) is 12.1 Å². The van der Waals surface area contributed by atoms with Crippen molar-refractivity contribution < 1.29 is 9.90 Å². The summed E-state index contributed by atoms with van der Waals surface area (Å²) in [5.74, 6) is -0.0276. The minimum atomic E-state index is -0.0430. The van der Waals surface area contributed by atoms with Crippen LogP contribution in [0.4, 0.5) is 5.69 Å². The number of hydrogen-bond donors (Lipinski definition) is 2. The molecule has 3 rings (SSSR count). The van der Waals surface area contributed by atoms with E-state index in [2.05, 4.69) is 22.4 Å². The number of aromatic hydroxyl groups is 1. The largest absolute Gasteiger partial charge is 0.506 e. The van der Waals surface area contributed by atoms with Gasteiger partial charge in [0, 0.05) is 18.2 Å². The van der Waals surface area contributed by atoms with E-state index in [1.807, 2.05) is 24.3 Å². The van der Waals surface area contributed by atoms with Crippen LogP contribution >= 0.6 is 0 Å². The average Bonchev–Trinajstić information content (AvgIpc) is 2.99. The maximum Gasteiger partial charge on any atom is 0.224 e. The Morgan fingerprint density at radius 3 is 2.46 bits per heavy atom. The van der Waals surface area contributed by atoms with Gasteiger partial charge < -0.3 is 10.4 Å². The third-order valence-corrected chi connectivity index (χ3v) is 3.77. The van der Waals surface area contributed by atoms with Crippen molar-refractivity contribution in [2.75, 3.05) is 5.32 Å². The van der Waals surface area contributed by atoms with Crippen molar-refractivity contribution in [1.29, 1.82) is 0 Å². The minimum Gasteiger partial charge on any atom is -0.506 e. The normalized spacial score (nSPS) is 10.9. The van der Waals surface area contributed by atoms with Crippen LogP contribution in [0.3, 0.4) is 0 Å². The molecule has 0 spiro atoms. The standard InChI is InChI=1S/C18H20N4O2/c1-2-3-4-9-18(24)19-13-10-11-16(17(23)12-13)22-20-14-7-5-6-8-15(14)21-22/h5-8,10-12,23H,2-4,9H2,1H3,(H,19,24). The fourth-order valence-corrected chi connectivity index (χ4v) is 2.50. The molecule has 6 nitrogen and oxygen atoms in total. The second-order valence-corrected chi connectivity index (χ2v) is 5.69. The van der Waals surface area contributed by atoms with Gasteiger partial charge >= 0.3 is 0 Å². The van der Waals surface area contributed by atoms with E-state index in [0.29, 0.717) is 17.8 Å². The van der Waals surface area contributed by atoms with E-state index in [-0.39, 0.29) is 11.7 Å². The molecule has 0 saturated heterocycles. The SMILES string of the molecule is CCCCCC(=O)Nc1ccc(-n2nc3ccccc3n2)c(O)c1. The monoisotopic (exact) mass is 324 g/mol. The first-order valence-corrected chi connectivity index (χ1v) is 8.12. The molecule has 3 aromatic rings. The highest BCUT2D eigenvalue weighted by Gasteiger charge is 2.10. The molecule has 1 heterocycles. The summed E-state index contributed by atoms with van der Waals surface area (Å²) in [7, 11) is 0. The number of amides is 1. The van der Waals surface area contributed by atoms with Gasteiger partial charge in [-0.15, -0.1) is 15.0 Å². The van der Waals surface area contributed by atoms with Crippen molar-refractivity contribution in [2.24, 2.45) is 0 Å². The molecule has 124 valence electrons. The summed E-state index contributed by atoms with van der Waals surface area (Å²) in [6, 6.07) is 12.4. The van der Waals surface area contributed by atoms with Crippen molar-refractivity contribution in [1.82, 2.24) is 15.0 Å². The summed E-state index contributed by atoms with van der Waals surface area (Å²) >= 11 is 0. The number of nitrogens with one attached hydrogen (secondary N) is 1. The Labute approximate surface area is 140 Å². The first-order valence-electron chi connectivity index (χ1n) is 8.12. The summed E-state index contributed by atoms with van der Waals surface area (Å²) in [5.41, 5.74) is 2.54. The van der Waals surface area contributed by atoms with E-state index < -0.39 is 0 Å². The Hall–Kier alpha value is -2.89. The van der Waals surface area contributed by atoms with Crippen LogP contribution in [-0.4, -0.2) is 26.0 Å². The predicted octanol–water partition coefficient (Wildman–Crippen LogP) is 3.64. The second-order valence-electron chi connectivity index (χ2n) is 5.69. The number of fused-ring (bicyclic) bond motifs is 1. The first kappa shape index (κ1) is 16.0. The fourth-order valence-electron chi connectivity index (χ4n) is 2.50. The Morgan fingerprint density at radius 1 is 1.12 bits per heavy atom. The molecular weight excluding hydrogens is 304 g/mol. The molecule has 1 aromatic heterocycles. The summed E-state index contributed by atoms with van der Waals surface area (Å²) in [6.07, 6.45) is 3.47. The molecule has 6 heteroatoms. The Kier molecular flexibility index (Phi) is 4.74. The lowest BCUT2D eigenvalue weighted by Gasteiger charge is -2.08. The van der Waals surface area contributed by atoms with Crippen LogP contribution in [0.5, 0.6) is 5.75 Å². The second kappa shape index (κ2) is 7.12. The quantitative estimate of drug-likeness (QED) is 0.678. The van der Waals surface area contributed by atoms with Crippen LogP contribution in [0.25, 0.3) is 16.7 Å². The zero-order valence-electron chi connectivity index (χ0n) is 13.6. The summed E-state index contributed by atoms with van der Waals surface area (Å²) < 4.78 is 0.